The molecule has 2 aromatic carbocycles. The standard InChI is InChI=1S/C21H24BrF2NO3/c1-27-18-11-8-16(14-19(18)28-21(23)24)12-13-25-20(26)5-3-2-4-15-6-9-17(22)10-7-15/h6-11,14,21H,2-5,12-13H2,1H3,(H,25,26). The van der Waals surface area contributed by atoms with E-state index in [1.807, 2.05) is 12.1 Å². The van der Waals surface area contributed by atoms with Crippen LogP contribution < -0.4 is 14.8 Å². The first-order valence-electron chi connectivity index (χ1n) is 9.11. The maximum Gasteiger partial charge on any atom is 0.387 e. The zero-order chi connectivity index (χ0) is 20.4. The van der Waals surface area contributed by atoms with Gasteiger partial charge in [-0.15, -0.1) is 0 Å². The molecule has 0 heterocycles. The van der Waals surface area contributed by atoms with Crippen LogP contribution in [0, 0.1) is 0 Å². The summed E-state index contributed by atoms with van der Waals surface area (Å²) in [6.45, 7) is -2.48. The molecule has 0 aromatic heterocycles. The molecular formula is C21H24BrF2NO3. The molecule has 2 rings (SSSR count). The van der Waals surface area contributed by atoms with Gasteiger partial charge in [0.25, 0.3) is 0 Å². The largest absolute Gasteiger partial charge is 0.493 e. The first-order valence-corrected chi connectivity index (χ1v) is 9.90. The molecule has 0 aliphatic rings. The van der Waals surface area contributed by atoms with Crippen molar-refractivity contribution in [1.29, 1.82) is 0 Å². The van der Waals surface area contributed by atoms with E-state index in [-0.39, 0.29) is 17.4 Å². The molecule has 28 heavy (non-hydrogen) atoms. The average Bonchev–Trinajstić information content (AvgIpc) is 2.66. The third-order valence-corrected chi connectivity index (χ3v) is 4.74. The summed E-state index contributed by atoms with van der Waals surface area (Å²) in [5.74, 6) is 0.237. The Hall–Kier alpha value is -2.15. The summed E-state index contributed by atoms with van der Waals surface area (Å²) in [6.07, 6.45) is 3.70. The molecule has 0 fully saturated rings. The van der Waals surface area contributed by atoms with Crippen LogP contribution in [-0.2, 0) is 17.6 Å². The molecule has 0 unspecified atom stereocenters. The van der Waals surface area contributed by atoms with Crippen molar-refractivity contribution in [2.24, 2.45) is 0 Å². The molecule has 0 saturated heterocycles. The lowest BCUT2D eigenvalue weighted by Crippen LogP contribution is -2.25. The van der Waals surface area contributed by atoms with Gasteiger partial charge in [0, 0.05) is 17.4 Å². The van der Waals surface area contributed by atoms with Gasteiger partial charge in [0.1, 0.15) is 0 Å². The van der Waals surface area contributed by atoms with E-state index >= 15 is 0 Å². The SMILES string of the molecule is COc1ccc(CCNC(=O)CCCCc2ccc(Br)cc2)cc1OC(F)F. The molecule has 0 aliphatic heterocycles. The van der Waals surface area contributed by atoms with Crippen molar-refractivity contribution < 1.29 is 23.0 Å². The predicted molar refractivity (Wildman–Crippen MR) is 108 cm³/mol. The first kappa shape index (κ1) is 22.1. The summed E-state index contributed by atoms with van der Waals surface area (Å²) in [7, 11) is 1.39. The number of hydrogen-bond acceptors (Lipinski definition) is 3. The Labute approximate surface area is 172 Å². The second-order valence-corrected chi connectivity index (χ2v) is 7.21. The fourth-order valence-electron chi connectivity index (χ4n) is 2.77. The van der Waals surface area contributed by atoms with Crippen LogP contribution in [0.2, 0.25) is 0 Å². The Morgan fingerprint density at radius 2 is 1.75 bits per heavy atom. The molecule has 0 atom stereocenters. The summed E-state index contributed by atoms with van der Waals surface area (Å²) >= 11 is 3.41. The maximum absolute atomic E-state index is 12.5. The molecule has 4 nitrogen and oxygen atoms in total. The van der Waals surface area contributed by atoms with E-state index in [1.165, 1.54) is 18.7 Å². The van der Waals surface area contributed by atoms with E-state index in [1.54, 1.807) is 12.1 Å². The fourth-order valence-corrected chi connectivity index (χ4v) is 3.03. The summed E-state index contributed by atoms with van der Waals surface area (Å²) in [5.41, 5.74) is 2.04. The van der Waals surface area contributed by atoms with E-state index < -0.39 is 6.61 Å². The van der Waals surface area contributed by atoms with Crippen molar-refractivity contribution in [2.45, 2.75) is 38.7 Å². The molecule has 0 radical (unpaired) electrons. The van der Waals surface area contributed by atoms with Crippen LogP contribution in [0.25, 0.3) is 0 Å². The molecule has 0 saturated carbocycles. The van der Waals surface area contributed by atoms with Gasteiger partial charge in [-0.3, -0.25) is 4.79 Å². The average molecular weight is 456 g/mol. The number of rotatable bonds is 11. The highest BCUT2D eigenvalue weighted by molar-refractivity contribution is 9.10. The number of nitrogens with one attached hydrogen (secondary N) is 1. The molecule has 2 aromatic rings. The van der Waals surface area contributed by atoms with Crippen LogP contribution in [-0.4, -0.2) is 26.2 Å². The van der Waals surface area contributed by atoms with Crippen molar-refractivity contribution in [1.82, 2.24) is 5.32 Å². The van der Waals surface area contributed by atoms with E-state index in [9.17, 15) is 13.6 Å². The van der Waals surface area contributed by atoms with Crippen LogP contribution in [0.4, 0.5) is 8.78 Å². The lowest BCUT2D eigenvalue weighted by Gasteiger charge is -2.12. The van der Waals surface area contributed by atoms with Crippen LogP contribution in [0.3, 0.4) is 0 Å². The summed E-state index contributed by atoms with van der Waals surface area (Å²) in [6, 6.07) is 13.0. The van der Waals surface area contributed by atoms with Crippen LogP contribution in [0.5, 0.6) is 11.5 Å². The minimum atomic E-state index is -2.92. The topological polar surface area (TPSA) is 47.6 Å². The number of halogens is 3. The second kappa shape index (κ2) is 11.6. The Balaban J connectivity index is 1.68. The van der Waals surface area contributed by atoms with Gasteiger partial charge in [0.15, 0.2) is 11.5 Å². The van der Waals surface area contributed by atoms with Crippen molar-refractivity contribution in [2.75, 3.05) is 13.7 Å². The number of aryl methyl sites for hydroxylation is 1. The fraction of sp³-hybridized carbons (Fsp3) is 0.381. The highest BCUT2D eigenvalue weighted by Crippen LogP contribution is 2.29. The highest BCUT2D eigenvalue weighted by atomic mass is 79.9. The monoisotopic (exact) mass is 455 g/mol. The Morgan fingerprint density at radius 1 is 1.04 bits per heavy atom. The molecule has 1 amide bonds. The van der Waals surface area contributed by atoms with E-state index in [2.05, 4.69) is 38.1 Å². The maximum atomic E-state index is 12.5. The zero-order valence-corrected chi connectivity index (χ0v) is 17.3. The lowest BCUT2D eigenvalue weighted by molar-refractivity contribution is -0.121. The number of carbonyl (C=O) groups excluding carboxylic acids is 1. The van der Waals surface area contributed by atoms with Crippen molar-refractivity contribution >= 4 is 21.8 Å². The number of amides is 1. The molecule has 0 bridgehead atoms. The summed E-state index contributed by atoms with van der Waals surface area (Å²) in [5, 5.41) is 2.86. The lowest BCUT2D eigenvalue weighted by atomic mass is 10.1. The Kier molecular flexibility index (Phi) is 9.20. The number of unbranched alkanes of at least 4 members (excludes halogenated alkanes) is 1. The molecule has 1 N–H and O–H groups in total. The molecule has 0 aliphatic carbocycles. The molecule has 0 spiro atoms. The van der Waals surface area contributed by atoms with Gasteiger partial charge in [-0.2, -0.15) is 8.78 Å². The third kappa shape index (κ3) is 7.84. The van der Waals surface area contributed by atoms with Gasteiger partial charge in [-0.05, 0) is 61.1 Å². The van der Waals surface area contributed by atoms with Gasteiger partial charge in [0.05, 0.1) is 7.11 Å². The quantitative estimate of drug-likeness (QED) is 0.477. The van der Waals surface area contributed by atoms with Crippen molar-refractivity contribution in [3.05, 3.63) is 58.1 Å². The minimum Gasteiger partial charge on any atom is -0.493 e. The van der Waals surface area contributed by atoms with Gasteiger partial charge in [0.2, 0.25) is 5.91 Å². The predicted octanol–water partition coefficient (Wildman–Crippen LogP) is 5.13. The number of benzene rings is 2. The number of methoxy groups -OCH3 is 1. The van der Waals surface area contributed by atoms with Gasteiger partial charge < -0.3 is 14.8 Å². The van der Waals surface area contributed by atoms with Crippen LogP contribution in [0.15, 0.2) is 46.9 Å². The number of carbonyl (C=O) groups is 1. The summed E-state index contributed by atoms with van der Waals surface area (Å²) < 4.78 is 35.5. The van der Waals surface area contributed by atoms with Crippen LogP contribution in [0.1, 0.15) is 30.4 Å². The smallest absolute Gasteiger partial charge is 0.387 e. The van der Waals surface area contributed by atoms with E-state index in [4.69, 9.17) is 4.74 Å². The van der Waals surface area contributed by atoms with Crippen molar-refractivity contribution in [3.63, 3.8) is 0 Å². The van der Waals surface area contributed by atoms with E-state index in [0.717, 1.165) is 29.3 Å². The minimum absolute atomic E-state index is 0.00531. The normalized spacial score (nSPS) is 10.8. The molecular weight excluding hydrogens is 432 g/mol. The molecule has 152 valence electrons. The number of ether oxygens (including phenoxy) is 2. The van der Waals surface area contributed by atoms with E-state index in [0.29, 0.717) is 19.4 Å². The number of hydrogen-bond donors (Lipinski definition) is 1. The van der Waals surface area contributed by atoms with Gasteiger partial charge in [-0.1, -0.05) is 34.1 Å². The first-order chi connectivity index (χ1) is 13.5. The second-order valence-electron chi connectivity index (χ2n) is 6.30. The Morgan fingerprint density at radius 3 is 2.43 bits per heavy atom. The third-order valence-electron chi connectivity index (χ3n) is 4.21. The number of alkyl halides is 2. The van der Waals surface area contributed by atoms with Gasteiger partial charge >= 0.3 is 6.61 Å². The zero-order valence-electron chi connectivity index (χ0n) is 15.7. The summed E-state index contributed by atoms with van der Waals surface area (Å²) in [4.78, 5) is 11.9. The highest BCUT2D eigenvalue weighted by Gasteiger charge is 2.11. The molecule has 7 heteroatoms. The van der Waals surface area contributed by atoms with Crippen LogP contribution >= 0.6 is 15.9 Å². The Bertz CT molecular complexity index is 754. The van der Waals surface area contributed by atoms with Gasteiger partial charge in [-0.25, -0.2) is 0 Å². The van der Waals surface area contributed by atoms with Crippen molar-refractivity contribution in [3.8, 4) is 11.5 Å².